The second kappa shape index (κ2) is 29.2. The highest BCUT2D eigenvalue weighted by atomic mass is 35.6. The summed E-state index contributed by atoms with van der Waals surface area (Å²) in [6, 6.07) is 88.5. The van der Waals surface area contributed by atoms with E-state index in [1.165, 1.54) is 50.1 Å². The fraction of sp³-hybridized carbons (Fsp3) is 0.0779. The van der Waals surface area contributed by atoms with Gasteiger partial charge in [0.1, 0.15) is 32.0 Å². The molecule has 1 atom stereocenters. The maximum absolute atomic E-state index is 11.0. The number of hydrogen-bond acceptors (Lipinski definition) is 8. The van der Waals surface area contributed by atoms with Crippen LogP contribution in [0.1, 0.15) is 46.0 Å². The lowest BCUT2D eigenvalue weighted by molar-refractivity contribution is -0.114. The third-order valence-electron chi connectivity index (χ3n) is 15.9. The van der Waals surface area contributed by atoms with Gasteiger partial charge in [-0.15, -0.1) is 0 Å². The number of aromatic nitrogens is 4. The van der Waals surface area contributed by atoms with Crippen molar-refractivity contribution in [3.63, 3.8) is 0 Å². The van der Waals surface area contributed by atoms with Crippen LogP contribution < -0.4 is 5.32 Å². The Morgan fingerprint density at radius 1 is 0.359 bits per heavy atom. The minimum Gasteiger partial charge on any atom is -0.338 e. The molecule has 8 aromatic carbocycles. The van der Waals surface area contributed by atoms with E-state index < -0.39 is 36.0 Å². The Balaban J connectivity index is 0.000000144. The van der Waals surface area contributed by atoms with E-state index in [0.717, 1.165) is 105 Å². The van der Waals surface area contributed by atoms with Crippen molar-refractivity contribution in [3.8, 4) is 78.8 Å². The highest BCUT2D eigenvalue weighted by molar-refractivity contribution is 6.69. The number of alkyl halides is 3. The molecular weight excluding hydrogens is 1290 g/mol. The van der Waals surface area contributed by atoms with E-state index in [4.69, 9.17) is 106 Å². The zero-order chi connectivity index (χ0) is 63.7. The number of aliphatic imine (C=N–C) groups is 1. The van der Waals surface area contributed by atoms with Gasteiger partial charge in [0, 0.05) is 33.4 Å². The maximum Gasteiger partial charge on any atom is 0.219 e. The highest BCUT2D eigenvalue weighted by Crippen LogP contribution is 2.46. The van der Waals surface area contributed by atoms with E-state index in [-0.39, 0.29) is 6.04 Å². The summed E-state index contributed by atoms with van der Waals surface area (Å²) in [7, 11) is 0. The second-order valence-corrected chi connectivity index (χ2v) is 25.0. The summed E-state index contributed by atoms with van der Waals surface area (Å²) in [6.45, 7) is 0. The first-order chi connectivity index (χ1) is 44.9. The summed E-state index contributed by atoms with van der Waals surface area (Å²) in [5, 5.41) is 2.18. The smallest absolute Gasteiger partial charge is 0.219 e. The third-order valence-corrected chi connectivity index (χ3v) is 17.5. The van der Waals surface area contributed by atoms with Crippen molar-refractivity contribution < 1.29 is 9.59 Å². The van der Waals surface area contributed by atoms with Gasteiger partial charge in [-0.3, -0.25) is 14.6 Å². The Morgan fingerprint density at radius 2 is 0.696 bits per heavy atom. The molecule has 92 heavy (non-hydrogen) atoms. The molecule has 3 aromatic heterocycles. The van der Waals surface area contributed by atoms with E-state index in [1.807, 2.05) is 36.4 Å². The first-order valence-electron chi connectivity index (χ1n) is 29.5. The van der Waals surface area contributed by atoms with Gasteiger partial charge < -0.3 is 5.32 Å². The first-order valence-corrected chi connectivity index (χ1v) is 32.3. The molecule has 11 aromatic rings. The number of rotatable bonds is 8. The molecule has 15 rings (SSSR count). The van der Waals surface area contributed by atoms with E-state index in [2.05, 4.69) is 224 Å². The summed E-state index contributed by atoms with van der Waals surface area (Å²) in [6.07, 6.45) is 3.63. The molecule has 0 fully saturated rings. The zero-order valence-corrected chi connectivity index (χ0v) is 54.2. The van der Waals surface area contributed by atoms with Crippen LogP contribution in [0.2, 0.25) is 0 Å². The Morgan fingerprint density at radius 3 is 1.15 bits per heavy atom. The van der Waals surface area contributed by atoms with E-state index >= 15 is 0 Å². The summed E-state index contributed by atoms with van der Waals surface area (Å²) >= 11 is 35.9. The first kappa shape index (κ1) is 63.4. The van der Waals surface area contributed by atoms with Crippen molar-refractivity contribution in [1.29, 1.82) is 0 Å². The lowest BCUT2D eigenvalue weighted by atomic mass is 9.82. The molecule has 4 aliphatic rings. The van der Waals surface area contributed by atoms with E-state index in [9.17, 15) is 9.59 Å². The Bertz CT molecular complexity index is 4440. The maximum atomic E-state index is 11.0. The molecule has 15 heteroatoms. The quantitative estimate of drug-likeness (QED) is 0.119. The summed E-state index contributed by atoms with van der Waals surface area (Å²) in [5.41, 5.74) is 23.5. The van der Waals surface area contributed by atoms with Crippen LogP contribution >= 0.6 is 81.2 Å². The number of Topliss-reactive ketones (excluding diaryl/α,β-unsaturated/α-hetero) is 2. The van der Waals surface area contributed by atoms with Crippen LogP contribution in [0.3, 0.4) is 0 Å². The number of nitrogens with one attached hydrogen (secondary N) is 1. The predicted octanol–water partition coefficient (Wildman–Crippen LogP) is 20.7. The molecule has 0 saturated heterocycles. The minimum absolute atomic E-state index is 0.0434. The van der Waals surface area contributed by atoms with Gasteiger partial charge in [-0.05, 0) is 82.3 Å². The molecule has 1 aliphatic heterocycles. The molecule has 1 N–H and O–H groups in total. The van der Waals surface area contributed by atoms with E-state index in [1.54, 1.807) is 0 Å². The van der Waals surface area contributed by atoms with Crippen molar-refractivity contribution in [1.82, 2.24) is 25.3 Å². The fourth-order valence-corrected chi connectivity index (χ4v) is 12.4. The summed E-state index contributed by atoms with van der Waals surface area (Å²) in [5.74, 6) is 0.157. The lowest BCUT2D eigenvalue weighted by Gasteiger charge is -2.33. The molecule has 452 valence electrons. The highest BCUT2D eigenvalue weighted by Gasteiger charge is 2.35. The van der Waals surface area contributed by atoms with Crippen LogP contribution in [0.4, 0.5) is 0 Å². The number of ketones is 2. The van der Waals surface area contributed by atoms with Crippen LogP contribution in [0.5, 0.6) is 0 Å². The monoisotopic (exact) mass is 1340 g/mol. The Hall–Kier alpha value is -8.80. The topological polar surface area (TPSA) is 110 Å². The number of nitrogens with zero attached hydrogens (tertiary/aromatic N) is 5. The van der Waals surface area contributed by atoms with Crippen molar-refractivity contribution >= 4 is 104 Å². The van der Waals surface area contributed by atoms with Gasteiger partial charge in [0.15, 0.2) is 10.1 Å². The van der Waals surface area contributed by atoms with Crippen molar-refractivity contribution in [2.24, 2.45) is 4.99 Å². The molecule has 3 aliphatic carbocycles. The predicted molar refractivity (Wildman–Crippen MR) is 379 cm³/mol. The lowest BCUT2D eigenvalue weighted by Crippen LogP contribution is -2.33. The molecule has 0 bridgehead atoms. The SMILES string of the molecule is ClC(Cl)Cl.O=C1C(Cl)=C(Cl)C(=O)C(Cl)=C1Cl.c1ccc(-c2cc(-c3ccccc3)c3c(n2)-c2nc(-c4ccccc4)nc(-c4ccccc4)c2CC3)cc1.c1ccc(C2=NC(c3ccccc3)C3=C(N2)c2nc(-c4ccccc4)cc(-c4ccccc4)c2CC3)cc1. The number of fused-ring (bicyclic) bond motifs is 5. The average Bonchev–Trinajstić information content (AvgIpc) is 0.760. The Kier molecular flexibility index (Phi) is 20.1. The average molecular weight is 1340 g/mol. The molecule has 0 amide bonds. The molecule has 1 unspecified atom stereocenters. The molecule has 8 nitrogen and oxygen atoms in total. The van der Waals surface area contributed by atoms with Crippen LogP contribution in [-0.4, -0.2) is 41.6 Å². The number of hydrogen-bond donors (Lipinski definition) is 1. The third kappa shape index (κ3) is 14.0. The van der Waals surface area contributed by atoms with E-state index in [0.29, 0.717) is 0 Å². The van der Waals surface area contributed by atoms with Crippen molar-refractivity contribution in [2.45, 2.75) is 36.0 Å². The summed E-state index contributed by atoms with van der Waals surface area (Å²) < 4.78 is -0.750. The number of carbonyl (C=O) groups excluding carboxylic acids is 2. The molecular formula is C77H53Cl7N6O2. The van der Waals surface area contributed by atoms with Crippen molar-refractivity contribution in [2.75, 3.05) is 0 Å². The van der Waals surface area contributed by atoms with Crippen molar-refractivity contribution in [3.05, 3.63) is 314 Å². The van der Waals surface area contributed by atoms with Crippen LogP contribution in [0.25, 0.3) is 84.5 Å². The van der Waals surface area contributed by atoms with Crippen LogP contribution in [-0.2, 0) is 28.9 Å². The molecule has 0 spiro atoms. The standard InChI is InChI=1S/C35H27N3.C35H25N3.C6Cl4O2.CHCl3/c2*1-5-13-24(14-6-1)30-23-31(25-15-7-2-8-16-25)36-33-28(30)21-22-29-32(26-17-9-3-10-18-26)37-35(38-34(29)33)27-19-11-4-12-20-27;7-1-2(8)6(12)4(10)3(9)5(1)11;2-1(3)4/h1-20,23,32H,21-22H2,(H,37,38);1-20,23H,21-22H2;;1H. The number of allylic oxidation sites excluding steroid dienone is 4. The normalized spacial score (nSPS) is 14.6. The number of halogens is 7. The largest absolute Gasteiger partial charge is 0.338 e. The van der Waals surface area contributed by atoms with Crippen LogP contribution in [0, 0.1) is 0 Å². The van der Waals surface area contributed by atoms with Gasteiger partial charge in [-0.2, -0.15) is 0 Å². The van der Waals surface area contributed by atoms with Gasteiger partial charge in [0.25, 0.3) is 0 Å². The molecule has 0 saturated carbocycles. The fourth-order valence-electron chi connectivity index (χ4n) is 11.6. The number of amidine groups is 1. The van der Waals surface area contributed by atoms with Crippen LogP contribution in [0.15, 0.2) is 285 Å². The Labute approximate surface area is 568 Å². The second-order valence-electron chi connectivity index (χ2n) is 21.5. The number of pyridine rings is 2. The van der Waals surface area contributed by atoms with Gasteiger partial charge in [0.2, 0.25) is 11.6 Å². The van der Waals surface area contributed by atoms with Gasteiger partial charge in [0.05, 0.1) is 39.9 Å². The summed E-state index contributed by atoms with van der Waals surface area (Å²) in [4.78, 5) is 48.2. The van der Waals surface area contributed by atoms with Gasteiger partial charge in [-0.1, -0.05) is 324 Å². The zero-order valence-electron chi connectivity index (χ0n) is 48.9. The minimum atomic E-state index is -0.750. The molecule has 0 radical (unpaired) electrons. The number of benzene rings is 8. The number of carbonyl (C=O) groups is 2. The van der Waals surface area contributed by atoms with Gasteiger partial charge >= 0.3 is 0 Å². The molecule has 4 heterocycles. The van der Waals surface area contributed by atoms with Gasteiger partial charge in [-0.25, -0.2) is 19.9 Å².